The maximum atomic E-state index is 14.7. The fourth-order valence-corrected chi connectivity index (χ4v) is 4.20. The molecule has 0 unspecified atom stereocenters. The number of pyridine rings is 1. The molecule has 10 heteroatoms. The van der Waals surface area contributed by atoms with Crippen LogP contribution in [0, 0.1) is 12.7 Å². The number of alkyl halides is 3. The zero-order valence-electron chi connectivity index (χ0n) is 18.9. The summed E-state index contributed by atoms with van der Waals surface area (Å²) in [6.07, 6.45) is -2.01. The molecule has 2 atom stereocenters. The van der Waals surface area contributed by atoms with Crippen LogP contribution in [0.1, 0.15) is 36.2 Å². The lowest BCUT2D eigenvalue weighted by Gasteiger charge is -2.22. The fourth-order valence-electron chi connectivity index (χ4n) is 4.20. The molecule has 1 aromatic carbocycles. The first-order chi connectivity index (χ1) is 15.6. The number of hydrogen-bond donors (Lipinski definition) is 1. The lowest BCUT2D eigenvalue weighted by atomic mass is 10.0. The molecular weight excluding hydrogens is 436 g/mol. The molecule has 0 bridgehead atoms. The van der Waals surface area contributed by atoms with Gasteiger partial charge < -0.3 is 15.1 Å². The van der Waals surface area contributed by atoms with Crippen LogP contribution in [0.15, 0.2) is 30.5 Å². The molecule has 0 saturated carbocycles. The van der Waals surface area contributed by atoms with E-state index < -0.39 is 23.6 Å². The van der Waals surface area contributed by atoms with E-state index in [-0.39, 0.29) is 5.56 Å². The van der Waals surface area contributed by atoms with Crippen molar-refractivity contribution in [3.05, 3.63) is 53.1 Å². The Bertz CT molecular complexity index is 1160. The summed E-state index contributed by atoms with van der Waals surface area (Å²) in [6.45, 7) is 5.12. The summed E-state index contributed by atoms with van der Waals surface area (Å²) in [5.74, 6) is -0.129. The topological polar surface area (TPSA) is 57.2 Å². The molecule has 0 spiro atoms. The Morgan fingerprint density at radius 1 is 1.18 bits per heavy atom. The van der Waals surface area contributed by atoms with E-state index in [1.54, 1.807) is 13.1 Å². The van der Waals surface area contributed by atoms with E-state index in [0.717, 1.165) is 42.2 Å². The highest BCUT2D eigenvalue weighted by Crippen LogP contribution is 2.35. The summed E-state index contributed by atoms with van der Waals surface area (Å²) in [5.41, 5.74) is -0.701. The van der Waals surface area contributed by atoms with Crippen LogP contribution < -0.4 is 10.2 Å². The third kappa shape index (κ3) is 4.57. The van der Waals surface area contributed by atoms with E-state index in [1.165, 1.54) is 12.1 Å². The van der Waals surface area contributed by atoms with Gasteiger partial charge in [-0.25, -0.2) is 9.37 Å². The molecule has 1 aliphatic rings. The Labute approximate surface area is 189 Å². The Hall–Kier alpha value is -3.01. The van der Waals surface area contributed by atoms with E-state index >= 15 is 0 Å². The van der Waals surface area contributed by atoms with Crippen LogP contribution in [0.4, 0.5) is 29.2 Å². The van der Waals surface area contributed by atoms with Crippen LogP contribution >= 0.6 is 0 Å². The molecule has 176 valence electrons. The highest BCUT2D eigenvalue weighted by molar-refractivity contribution is 5.94. The van der Waals surface area contributed by atoms with Crippen molar-refractivity contribution in [2.24, 2.45) is 0 Å². The second-order valence-electron chi connectivity index (χ2n) is 8.65. The second-order valence-corrected chi connectivity index (χ2v) is 8.65. The zero-order chi connectivity index (χ0) is 23.9. The molecule has 1 N–H and O–H groups in total. The number of nitrogens with zero attached hydrogens (tertiary/aromatic N) is 5. The number of likely N-dealkylation sites (N-methyl/N-ethyl adjacent to an activating group) is 1. The van der Waals surface area contributed by atoms with Gasteiger partial charge in [0.15, 0.2) is 5.82 Å². The first-order valence-electron chi connectivity index (χ1n) is 10.7. The smallest absolute Gasteiger partial charge is 0.361 e. The lowest BCUT2D eigenvalue weighted by Crippen LogP contribution is -2.31. The van der Waals surface area contributed by atoms with Gasteiger partial charge >= 0.3 is 6.18 Å². The van der Waals surface area contributed by atoms with Gasteiger partial charge in [0.25, 0.3) is 0 Å². The number of benzene rings is 1. The Balaban J connectivity index is 1.68. The molecule has 4 rings (SSSR count). The van der Waals surface area contributed by atoms with Crippen molar-refractivity contribution in [2.75, 3.05) is 37.4 Å². The summed E-state index contributed by atoms with van der Waals surface area (Å²) < 4.78 is 54.1. The van der Waals surface area contributed by atoms with Crippen LogP contribution in [0.5, 0.6) is 0 Å². The average Bonchev–Trinajstić information content (AvgIpc) is 3.25. The predicted molar refractivity (Wildman–Crippen MR) is 120 cm³/mol. The van der Waals surface area contributed by atoms with E-state index in [0.29, 0.717) is 17.6 Å². The monoisotopic (exact) mass is 462 g/mol. The van der Waals surface area contributed by atoms with Crippen molar-refractivity contribution >= 4 is 22.4 Å². The van der Waals surface area contributed by atoms with E-state index in [4.69, 9.17) is 0 Å². The number of fused-ring (bicyclic) bond motifs is 1. The van der Waals surface area contributed by atoms with Crippen LogP contribution in [-0.4, -0.2) is 53.3 Å². The minimum absolute atomic E-state index is 0.0944. The highest BCUT2D eigenvalue weighted by Gasteiger charge is 2.35. The average molecular weight is 462 g/mol. The molecule has 1 fully saturated rings. The predicted octanol–water partition coefficient (Wildman–Crippen LogP) is 4.80. The minimum atomic E-state index is -4.77. The molecule has 6 nitrogen and oxygen atoms in total. The normalized spacial score (nSPS) is 17.7. The number of rotatable bonds is 5. The van der Waals surface area contributed by atoms with Crippen molar-refractivity contribution in [1.82, 2.24) is 20.1 Å². The van der Waals surface area contributed by atoms with Gasteiger partial charge in [0.05, 0.1) is 17.3 Å². The Kier molecular flexibility index (Phi) is 6.13. The number of nitrogens with one attached hydrogen (secondary N) is 1. The van der Waals surface area contributed by atoms with Gasteiger partial charge in [-0.1, -0.05) is 12.1 Å². The maximum Gasteiger partial charge on any atom is 0.419 e. The molecule has 3 aromatic rings. The van der Waals surface area contributed by atoms with Gasteiger partial charge in [0.2, 0.25) is 0 Å². The van der Waals surface area contributed by atoms with Crippen LogP contribution in [-0.2, 0) is 6.18 Å². The van der Waals surface area contributed by atoms with Gasteiger partial charge in [0.1, 0.15) is 11.6 Å². The van der Waals surface area contributed by atoms with Crippen LogP contribution in [0.2, 0.25) is 0 Å². The number of hydrogen-bond acceptors (Lipinski definition) is 6. The van der Waals surface area contributed by atoms with Gasteiger partial charge in [0, 0.05) is 41.7 Å². The van der Waals surface area contributed by atoms with Gasteiger partial charge in [-0.15, -0.1) is 5.10 Å². The largest absolute Gasteiger partial charge is 0.419 e. The summed E-state index contributed by atoms with van der Waals surface area (Å²) in [7, 11) is 4.11. The molecule has 3 heterocycles. The molecular formula is C23H26F4N6. The second kappa shape index (κ2) is 8.74. The quantitative estimate of drug-likeness (QED) is 0.550. The molecule has 0 aliphatic carbocycles. The maximum absolute atomic E-state index is 14.7. The van der Waals surface area contributed by atoms with E-state index in [1.807, 2.05) is 13.0 Å². The number of aryl methyl sites for hydroxylation is 1. The number of aromatic nitrogens is 3. The standard InChI is InChI=1S/C23H26F4N6/c1-13(16-6-5-7-19(21(16)24)23(25,26)27)29-22-17-10-20(28-11-18(17)14(2)30-31-22)33-9-8-15(12-33)32(3)4/h5-7,10-11,13,15H,8-9,12H2,1-4H3,(H,29,31)/t13-,15-/m1/s1. The van der Waals surface area contributed by atoms with Gasteiger partial charge in [-0.05, 0) is 46.5 Å². The van der Waals surface area contributed by atoms with E-state index in [9.17, 15) is 17.6 Å². The third-order valence-corrected chi connectivity index (χ3v) is 6.21. The molecule has 0 radical (unpaired) electrons. The van der Waals surface area contributed by atoms with E-state index in [2.05, 4.69) is 44.4 Å². The minimum Gasteiger partial charge on any atom is -0.361 e. The molecule has 33 heavy (non-hydrogen) atoms. The highest BCUT2D eigenvalue weighted by atomic mass is 19.4. The van der Waals surface area contributed by atoms with Crippen molar-refractivity contribution < 1.29 is 17.6 Å². The summed E-state index contributed by atoms with van der Waals surface area (Å²) in [4.78, 5) is 8.98. The van der Waals surface area contributed by atoms with Crippen molar-refractivity contribution in [1.29, 1.82) is 0 Å². The number of halogens is 4. The summed E-state index contributed by atoms with van der Waals surface area (Å²) in [5, 5.41) is 12.9. The Morgan fingerprint density at radius 2 is 1.94 bits per heavy atom. The first kappa shape index (κ1) is 23.2. The van der Waals surface area contributed by atoms with Crippen LogP contribution in [0.3, 0.4) is 0 Å². The van der Waals surface area contributed by atoms with Crippen LogP contribution in [0.25, 0.3) is 10.8 Å². The zero-order valence-corrected chi connectivity index (χ0v) is 18.9. The summed E-state index contributed by atoms with van der Waals surface area (Å²) in [6, 6.07) is 4.85. The number of anilines is 2. The third-order valence-electron chi connectivity index (χ3n) is 6.21. The first-order valence-corrected chi connectivity index (χ1v) is 10.7. The lowest BCUT2D eigenvalue weighted by molar-refractivity contribution is -0.140. The molecule has 1 aliphatic heterocycles. The fraction of sp³-hybridized carbons (Fsp3) is 0.435. The summed E-state index contributed by atoms with van der Waals surface area (Å²) >= 11 is 0. The van der Waals surface area contributed by atoms with Gasteiger partial charge in [-0.2, -0.15) is 18.3 Å². The molecule has 1 saturated heterocycles. The Morgan fingerprint density at radius 3 is 2.61 bits per heavy atom. The van der Waals surface area contributed by atoms with Crippen molar-refractivity contribution in [3.63, 3.8) is 0 Å². The SMILES string of the molecule is Cc1nnc(N[C@H](C)c2cccc(C(F)(F)F)c2F)c2cc(N3CC[C@@H](N(C)C)C3)ncc12. The molecule has 2 aromatic heterocycles. The molecule has 0 amide bonds. The van der Waals surface area contributed by atoms with Crippen molar-refractivity contribution in [3.8, 4) is 0 Å². The van der Waals surface area contributed by atoms with Gasteiger partial charge in [-0.3, -0.25) is 0 Å². The van der Waals surface area contributed by atoms with Crippen molar-refractivity contribution in [2.45, 2.75) is 38.5 Å².